The summed E-state index contributed by atoms with van der Waals surface area (Å²) in [7, 11) is 0. The lowest BCUT2D eigenvalue weighted by atomic mass is 10.00. The van der Waals surface area contributed by atoms with E-state index in [1.807, 2.05) is 0 Å². The van der Waals surface area contributed by atoms with Gasteiger partial charge in [0.1, 0.15) is 17.5 Å². The molecule has 0 unspecified atom stereocenters. The summed E-state index contributed by atoms with van der Waals surface area (Å²) in [6, 6.07) is 8.70. The Balaban J connectivity index is 1.78. The predicted octanol–water partition coefficient (Wildman–Crippen LogP) is 5.07. The Morgan fingerprint density at radius 2 is 1.71 bits per heavy atom. The van der Waals surface area contributed by atoms with Gasteiger partial charge in [-0.3, -0.25) is 0 Å². The first-order valence-corrected chi connectivity index (χ1v) is 9.52. The molecule has 1 saturated heterocycles. The smallest absolute Gasteiger partial charge is 0.416 e. The summed E-state index contributed by atoms with van der Waals surface area (Å²) in [5.74, 6) is -1.04. The first kappa shape index (κ1) is 22.5. The van der Waals surface area contributed by atoms with Gasteiger partial charge in [0, 0.05) is 0 Å². The zero-order valence-electron chi connectivity index (χ0n) is 17.2. The molecule has 0 atom stereocenters. The van der Waals surface area contributed by atoms with Crippen molar-refractivity contribution in [2.24, 2.45) is 0 Å². The minimum absolute atomic E-state index is 0.117. The van der Waals surface area contributed by atoms with Crippen LogP contribution < -0.4 is 4.74 Å². The maximum Gasteiger partial charge on any atom is 0.416 e. The van der Waals surface area contributed by atoms with E-state index in [-0.39, 0.29) is 41.6 Å². The maximum absolute atomic E-state index is 13.0. The summed E-state index contributed by atoms with van der Waals surface area (Å²) < 4.78 is 50.2. The van der Waals surface area contributed by atoms with Crippen LogP contribution in [0.3, 0.4) is 0 Å². The minimum Gasteiger partial charge on any atom is -0.487 e. The van der Waals surface area contributed by atoms with E-state index < -0.39 is 29.4 Å². The van der Waals surface area contributed by atoms with Crippen LogP contribution in [0.15, 0.2) is 42.5 Å². The molecule has 2 aromatic carbocycles. The topological polar surface area (TPSA) is 76.1 Å². The highest BCUT2D eigenvalue weighted by Gasteiger charge is 2.35. The van der Waals surface area contributed by atoms with E-state index in [2.05, 4.69) is 0 Å². The van der Waals surface area contributed by atoms with E-state index in [0.29, 0.717) is 0 Å². The summed E-state index contributed by atoms with van der Waals surface area (Å²) in [6.45, 7) is 5.78. The average molecular weight is 437 g/mol. The quantitative estimate of drug-likeness (QED) is 0.723. The molecule has 9 heteroatoms. The summed E-state index contributed by atoms with van der Waals surface area (Å²) in [4.78, 5) is 25.0. The van der Waals surface area contributed by atoms with Gasteiger partial charge in [-0.2, -0.15) is 13.2 Å². The zero-order valence-corrected chi connectivity index (χ0v) is 17.2. The Morgan fingerprint density at radius 3 is 2.29 bits per heavy atom. The van der Waals surface area contributed by atoms with E-state index in [0.717, 1.165) is 12.1 Å². The SMILES string of the molecule is CC(C)(C)OC(=O)N1CC(Oc2cc(C(=O)O)cc(-c3cccc(C(F)(F)F)c3)c2)C1. The van der Waals surface area contributed by atoms with Crippen LogP contribution in [0.5, 0.6) is 5.75 Å². The molecule has 1 aliphatic heterocycles. The van der Waals surface area contributed by atoms with Crippen LogP contribution in [0.1, 0.15) is 36.7 Å². The molecule has 1 aliphatic rings. The molecular formula is C22H22F3NO5. The molecule has 31 heavy (non-hydrogen) atoms. The Bertz CT molecular complexity index is 991. The van der Waals surface area contributed by atoms with Crippen molar-refractivity contribution in [1.29, 1.82) is 0 Å². The monoisotopic (exact) mass is 437 g/mol. The second-order valence-electron chi connectivity index (χ2n) is 8.25. The van der Waals surface area contributed by atoms with E-state index in [1.165, 1.54) is 35.2 Å². The van der Waals surface area contributed by atoms with Crippen molar-refractivity contribution in [3.8, 4) is 16.9 Å². The molecule has 2 aromatic rings. The van der Waals surface area contributed by atoms with E-state index >= 15 is 0 Å². The average Bonchev–Trinajstić information content (AvgIpc) is 2.62. The van der Waals surface area contributed by atoms with Crippen LogP contribution in [-0.4, -0.2) is 46.9 Å². The number of benzene rings is 2. The van der Waals surface area contributed by atoms with Crippen molar-refractivity contribution < 1.29 is 37.3 Å². The van der Waals surface area contributed by atoms with Gasteiger partial charge in [0.25, 0.3) is 0 Å². The lowest BCUT2D eigenvalue weighted by Crippen LogP contribution is -2.57. The van der Waals surface area contributed by atoms with E-state index in [4.69, 9.17) is 9.47 Å². The molecule has 1 heterocycles. The Morgan fingerprint density at radius 1 is 1.03 bits per heavy atom. The number of amides is 1. The van der Waals surface area contributed by atoms with E-state index in [1.54, 1.807) is 20.8 Å². The number of rotatable bonds is 4. The van der Waals surface area contributed by atoms with Crippen LogP contribution in [-0.2, 0) is 10.9 Å². The van der Waals surface area contributed by atoms with Gasteiger partial charge in [-0.25, -0.2) is 9.59 Å². The number of likely N-dealkylation sites (tertiary alicyclic amines) is 1. The number of hydrogen-bond donors (Lipinski definition) is 1. The fourth-order valence-electron chi connectivity index (χ4n) is 3.01. The zero-order chi connectivity index (χ0) is 23.0. The van der Waals surface area contributed by atoms with Gasteiger partial charge >= 0.3 is 18.2 Å². The van der Waals surface area contributed by atoms with Crippen molar-refractivity contribution in [2.75, 3.05) is 13.1 Å². The second kappa shape index (κ2) is 8.13. The summed E-state index contributed by atoms with van der Waals surface area (Å²) >= 11 is 0. The number of ether oxygens (including phenoxy) is 2. The lowest BCUT2D eigenvalue weighted by Gasteiger charge is -2.39. The third kappa shape index (κ3) is 5.68. The highest BCUT2D eigenvalue weighted by atomic mass is 19.4. The number of carbonyl (C=O) groups excluding carboxylic acids is 1. The largest absolute Gasteiger partial charge is 0.487 e. The minimum atomic E-state index is -4.52. The lowest BCUT2D eigenvalue weighted by molar-refractivity contribution is -0.137. The Hall–Kier alpha value is -3.23. The number of alkyl halides is 3. The highest BCUT2D eigenvalue weighted by molar-refractivity contribution is 5.90. The highest BCUT2D eigenvalue weighted by Crippen LogP contribution is 2.34. The van der Waals surface area contributed by atoms with Gasteiger partial charge in [-0.05, 0) is 62.2 Å². The molecule has 6 nitrogen and oxygen atoms in total. The van der Waals surface area contributed by atoms with Crippen LogP contribution in [0.25, 0.3) is 11.1 Å². The first-order valence-electron chi connectivity index (χ1n) is 9.52. The van der Waals surface area contributed by atoms with Crippen molar-refractivity contribution in [2.45, 2.75) is 38.7 Å². The van der Waals surface area contributed by atoms with Gasteiger partial charge in [0.15, 0.2) is 0 Å². The second-order valence-corrected chi connectivity index (χ2v) is 8.25. The molecule has 0 aliphatic carbocycles. The number of carbonyl (C=O) groups is 2. The number of hydrogen-bond acceptors (Lipinski definition) is 4. The molecule has 3 rings (SSSR count). The number of halogens is 3. The number of carboxylic acids is 1. The molecule has 0 bridgehead atoms. The summed E-state index contributed by atoms with van der Waals surface area (Å²) in [5.41, 5.74) is -1.08. The fourth-order valence-corrected chi connectivity index (χ4v) is 3.01. The van der Waals surface area contributed by atoms with Crippen LogP contribution >= 0.6 is 0 Å². The third-order valence-electron chi connectivity index (χ3n) is 4.48. The third-order valence-corrected chi connectivity index (χ3v) is 4.48. The Labute approximate surface area is 177 Å². The first-order chi connectivity index (χ1) is 14.3. The number of carboxylic acid groups (broad SMARTS) is 1. The normalized spacial score (nSPS) is 14.7. The molecule has 1 fully saturated rings. The van der Waals surface area contributed by atoms with Crippen LogP contribution in [0.2, 0.25) is 0 Å². The van der Waals surface area contributed by atoms with Crippen molar-refractivity contribution in [3.63, 3.8) is 0 Å². The molecule has 0 spiro atoms. The predicted molar refractivity (Wildman–Crippen MR) is 106 cm³/mol. The molecule has 0 saturated carbocycles. The summed E-state index contributed by atoms with van der Waals surface area (Å²) in [6.07, 6.45) is -5.38. The van der Waals surface area contributed by atoms with Gasteiger partial charge in [-0.1, -0.05) is 12.1 Å². The van der Waals surface area contributed by atoms with Gasteiger partial charge < -0.3 is 19.5 Å². The van der Waals surface area contributed by atoms with Crippen LogP contribution in [0, 0.1) is 0 Å². The van der Waals surface area contributed by atoms with Crippen LogP contribution in [0.4, 0.5) is 18.0 Å². The van der Waals surface area contributed by atoms with Gasteiger partial charge in [0.05, 0.1) is 24.2 Å². The molecule has 1 amide bonds. The fraction of sp³-hybridized carbons (Fsp3) is 0.364. The van der Waals surface area contributed by atoms with Gasteiger partial charge in [0.2, 0.25) is 0 Å². The molecular weight excluding hydrogens is 415 g/mol. The Kier molecular flexibility index (Phi) is 5.89. The van der Waals surface area contributed by atoms with Crippen molar-refractivity contribution in [3.05, 3.63) is 53.6 Å². The van der Waals surface area contributed by atoms with Gasteiger partial charge in [-0.15, -0.1) is 0 Å². The standard InChI is InChI=1S/C22H22F3NO5/c1-21(2,3)31-20(29)26-11-18(12-26)30-17-9-14(7-15(10-17)19(27)28)13-5-4-6-16(8-13)22(23,24)25/h4-10,18H,11-12H2,1-3H3,(H,27,28). The molecule has 166 valence electrons. The summed E-state index contributed by atoms with van der Waals surface area (Å²) in [5, 5.41) is 9.39. The van der Waals surface area contributed by atoms with Crippen molar-refractivity contribution >= 4 is 12.1 Å². The molecule has 0 radical (unpaired) electrons. The maximum atomic E-state index is 13.0. The molecule has 1 N–H and O–H groups in total. The van der Waals surface area contributed by atoms with E-state index in [9.17, 15) is 27.9 Å². The number of nitrogens with zero attached hydrogens (tertiary/aromatic N) is 1. The molecule has 0 aromatic heterocycles. The van der Waals surface area contributed by atoms with Crippen molar-refractivity contribution in [1.82, 2.24) is 4.90 Å². The number of aromatic carboxylic acids is 1.